The summed E-state index contributed by atoms with van der Waals surface area (Å²) in [7, 11) is -1.95. The topological polar surface area (TPSA) is 90.0 Å². The largest absolute Gasteiger partial charge is 0.399 e. The molecule has 0 aliphatic heterocycles. The van der Waals surface area contributed by atoms with Gasteiger partial charge in [0.25, 0.3) is 10.0 Å². The zero-order valence-electron chi connectivity index (χ0n) is 9.46. The van der Waals surface area contributed by atoms with Crippen molar-refractivity contribution in [1.82, 2.24) is 9.78 Å². The lowest BCUT2D eigenvalue weighted by atomic mass is 10.3. The highest BCUT2D eigenvalue weighted by Crippen LogP contribution is 2.25. The minimum absolute atomic E-state index is 0.126. The van der Waals surface area contributed by atoms with Gasteiger partial charge in [0, 0.05) is 23.4 Å². The Morgan fingerprint density at radius 1 is 1.44 bits per heavy atom. The van der Waals surface area contributed by atoms with E-state index in [-0.39, 0.29) is 4.90 Å². The number of nitrogen functional groups attached to an aromatic ring is 1. The maximum atomic E-state index is 12.1. The lowest BCUT2D eigenvalue weighted by Gasteiger charge is -2.08. The van der Waals surface area contributed by atoms with Gasteiger partial charge in [-0.1, -0.05) is 0 Å². The third kappa shape index (κ3) is 2.65. The summed E-state index contributed by atoms with van der Waals surface area (Å²) in [5.74, 6) is 0. The molecular weight excluding hydrogens is 320 g/mol. The van der Waals surface area contributed by atoms with Crippen molar-refractivity contribution in [2.45, 2.75) is 4.90 Å². The number of benzene rings is 1. The van der Waals surface area contributed by atoms with E-state index < -0.39 is 10.0 Å². The average Bonchev–Trinajstić information content (AvgIpc) is 2.62. The second kappa shape index (κ2) is 4.62. The van der Waals surface area contributed by atoms with E-state index in [0.29, 0.717) is 15.8 Å². The number of rotatable bonds is 3. The monoisotopic (exact) mass is 330 g/mol. The van der Waals surface area contributed by atoms with Crippen molar-refractivity contribution in [2.24, 2.45) is 7.05 Å². The van der Waals surface area contributed by atoms with Gasteiger partial charge in [-0.25, -0.2) is 8.42 Å². The number of nitrogens with one attached hydrogen (secondary N) is 1. The molecule has 6 nitrogen and oxygen atoms in total. The number of hydrogen-bond donors (Lipinski definition) is 2. The Labute approximate surface area is 113 Å². The summed E-state index contributed by atoms with van der Waals surface area (Å²) in [5.41, 5.74) is 6.46. The van der Waals surface area contributed by atoms with E-state index in [1.165, 1.54) is 29.1 Å². The van der Waals surface area contributed by atoms with Gasteiger partial charge >= 0.3 is 0 Å². The molecular formula is C10H11BrN4O2S. The second-order valence-corrected chi connectivity index (χ2v) is 6.20. The first-order chi connectivity index (χ1) is 8.38. The first-order valence-electron chi connectivity index (χ1n) is 4.95. The van der Waals surface area contributed by atoms with E-state index in [2.05, 4.69) is 25.8 Å². The first-order valence-corrected chi connectivity index (χ1v) is 7.22. The Bertz CT molecular complexity index is 681. The number of aryl methyl sites for hydroxylation is 1. The highest BCUT2D eigenvalue weighted by molar-refractivity contribution is 9.10. The molecule has 0 fully saturated rings. The second-order valence-electron chi connectivity index (χ2n) is 3.70. The highest BCUT2D eigenvalue weighted by Gasteiger charge is 2.18. The van der Waals surface area contributed by atoms with Gasteiger partial charge in [-0.15, -0.1) is 0 Å². The number of nitrogens with two attached hydrogens (primary N) is 1. The molecule has 0 aliphatic carbocycles. The molecule has 0 saturated heterocycles. The van der Waals surface area contributed by atoms with Gasteiger partial charge in [0.05, 0.1) is 11.9 Å². The molecule has 0 aliphatic rings. The molecule has 0 bridgehead atoms. The molecule has 1 aromatic heterocycles. The Hall–Kier alpha value is -1.54. The molecule has 0 atom stereocenters. The molecule has 0 saturated carbocycles. The van der Waals surface area contributed by atoms with E-state index in [1.54, 1.807) is 13.2 Å². The van der Waals surface area contributed by atoms with Crippen molar-refractivity contribution in [2.75, 3.05) is 10.5 Å². The molecule has 1 aromatic carbocycles. The minimum Gasteiger partial charge on any atom is -0.399 e. The van der Waals surface area contributed by atoms with Crippen molar-refractivity contribution in [1.29, 1.82) is 0 Å². The zero-order valence-corrected chi connectivity index (χ0v) is 11.9. The SMILES string of the molecule is Cn1cc(NS(=O)(=O)c2ccc(N)cc2Br)cn1. The Morgan fingerprint density at radius 3 is 2.72 bits per heavy atom. The fourth-order valence-electron chi connectivity index (χ4n) is 1.42. The van der Waals surface area contributed by atoms with Crippen molar-refractivity contribution < 1.29 is 8.42 Å². The molecule has 3 N–H and O–H groups in total. The summed E-state index contributed by atoms with van der Waals surface area (Å²) in [5, 5.41) is 3.89. The fourth-order valence-corrected chi connectivity index (χ4v) is 3.54. The molecule has 2 aromatic rings. The van der Waals surface area contributed by atoms with Gasteiger partial charge in [0.15, 0.2) is 0 Å². The van der Waals surface area contributed by atoms with Crippen LogP contribution in [0.15, 0.2) is 40.0 Å². The summed E-state index contributed by atoms with van der Waals surface area (Å²) in [6.45, 7) is 0. The maximum absolute atomic E-state index is 12.1. The smallest absolute Gasteiger partial charge is 0.263 e. The van der Waals surface area contributed by atoms with Crippen LogP contribution in [-0.4, -0.2) is 18.2 Å². The Morgan fingerprint density at radius 2 is 2.17 bits per heavy atom. The van der Waals surface area contributed by atoms with Crippen LogP contribution in [0, 0.1) is 0 Å². The van der Waals surface area contributed by atoms with Crippen molar-refractivity contribution >= 4 is 37.3 Å². The number of hydrogen-bond acceptors (Lipinski definition) is 4. The Balaban J connectivity index is 2.36. The predicted molar refractivity (Wildman–Crippen MR) is 72.6 cm³/mol. The summed E-state index contributed by atoms with van der Waals surface area (Å²) in [6.07, 6.45) is 3.01. The molecule has 0 spiro atoms. The molecule has 18 heavy (non-hydrogen) atoms. The van der Waals surface area contributed by atoms with E-state index >= 15 is 0 Å². The third-order valence-electron chi connectivity index (χ3n) is 2.20. The average molecular weight is 331 g/mol. The minimum atomic E-state index is -3.65. The van der Waals surface area contributed by atoms with E-state index in [1.807, 2.05) is 0 Å². The summed E-state index contributed by atoms with van der Waals surface area (Å²) >= 11 is 3.18. The van der Waals surface area contributed by atoms with Gasteiger partial charge in [0.1, 0.15) is 4.90 Å². The standard InChI is InChI=1S/C10H11BrN4O2S/c1-15-6-8(5-13-15)14-18(16,17)10-3-2-7(12)4-9(10)11/h2-6,14H,12H2,1H3. The fraction of sp³-hybridized carbons (Fsp3) is 0.100. The summed E-state index contributed by atoms with van der Waals surface area (Å²) in [4.78, 5) is 0.126. The lowest BCUT2D eigenvalue weighted by Crippen LogP contribution is -2.13. The molecule has 0 radical (unpaired) electrons. The van der Waals surface area contributed by atoms with Crippen LogP contribution in [0.5, 0.6) is 0 Å². The van der Waals surface area contributed by atoms with Gasteiger partial charge in [-0.05, 0) is 34.1 Å². The van der Waals surface area contributed by atoms with Crippen LogP contribution in [0.2, 0.25) is 0 Å². The molecule has 96 valence electrons. The van der Waals surface area contributed by atoms with Gasteiger partial charge in [-0.2, -0.15) is 5.10 Å². The van der Waals surface area contributed by atoms with Crippen LogP contribution in [-0.2, 0) is 17.1 Å². The van der Waals surface area contributed by atoms with Crippen LogP contribution in [0.3, 0.4) is 0 Å². The van der Waals surface area contributed by atoms with Crippen molar-refractivity contribution in [3.63, 3.8) is 0 Å². The van der Waals surface area contributed by atoms with Crippen LogP contribution in [0.1, 0.15) is 0 Å². The number of nitrogens with zero attached hydrogens (tertiary/aromatic N) is 2. The zero-order chi connectivity index (χ0) is 13.3. The molecule has 0 amide bonds. The number of halogens is 1. The van der Waals surface area contributed by atoms with Crippen molar-refractivity contribution in [3.8, 4) is 0 Å². The molecule has 2 rings (SSSR count). The highest BCUT2D eigenvalue weighted by atomic mass is 79.9. The maximum Gasteiger partial charge on any atom is 0.263 e. The third-order valence-corrected chi connectivity index (χ3v) is 4.56. The Kier molecular flexibility index (Phi) is 3.31. The quantitative estimate of drug-likeness (QED) is 0.836. The molecule has 8 heteroatoms. The molecule has 1 heterocycles. The van der Waals surface area contributed by atoms with Crippen LogP contribution >= 0.6 is 15.9 Å². The van der Waals surface area contributed by atoms with Gasteiger partial charge in [0.2, 0.25) is 0 Å². The predicted octanol–water partition coefficient (Wildman–Crippen LogP) is 1.57. The molecule has 0 unspecified atom stereocenters. The normalized spacial score (nSPS) is 11.4. The van der Waals surface area contributed by atoms with Gasteiger partial charge in [-0.3, -0.25) is 9.40 Å². The van der Waals surface area contributed by atoms with E-state index in [9.17, 15) is 8.42 Å². The van der Waals surface area contributed by atoms with Crippen LogP contribution in [0.25, 0.3) is 0 Å². The van der Waals surface area contributed by atoms with Gasteiger partial charge < -0.3 is 5.73 Å². The lowest BCUT2D eigenvalue weighted by molar-refractivity contribution is 0.601. The summed E-state index contributed by atoms with van der Waals surface area (Å²) < 4.78 is 28.6. The summed E-state index contributed by atoms with van der Waals surface area (Å²) in [6, 6.07) is 4.51. The van der Waals surface area contributed by atoms with Crippen molar-refractivity contribution in [3.05, 3.63) is 35.1 Å². The number of aromatic nitrogens is 2. The van der Waals surface area contributed by atoms with E-state index in [4.69, 9.17) is 5.73 Å². The number of anilines is 2. The van der Waals surface area contributed by atoms with Crippen LogP contribution < -0.4 is 10.5 Å². The first kappa shape index (κ1) is 12.9. The number of sulfonamides is 1. The van der Waals surface area contributed by atoms with E-state index in [0.717, 1.165) is 0 Å². The van der Waals surface area contributed by atoms with Crippen LogP contribution in [0.4, 0.5) is 11.4 Å².